The number of carbonyl (C=O) groups excluding carboxylic acids is 1. The summed E-state index contributed by atoms with van der Waals surface area (Å²) in [5.74, 6) is -0.0674. The Labute approximate surface area is 146 Å². The van der Waals surface area contributed by atoms with Crippen LogP contribution >= 0.6 is 11.8 Å². The number of nitrogens with zero attached hydrogens (tertiary/aromatic N) is 1. The van der Waals surface area contributed by atoms with Crippen LogP contribution in [-0.2, 0) is 11.2 Å². The van der Waals surface area contributed by atoms with E-state index in [0.29, 0.717) is 0 Å². The van der Waals surface area contributed by atoms with Gasteiger partial charge in [0.1, 0.15) is 0 Å². The maximum Gasteiger partial charge on any atom is 0.238 e. The maximum absolute atomic E-state index is 12.4. The highest BCUT2D eigenvalue weighted by Crippen LogP contribution is 2.33. The van der Waals surface area contributed by atoms with E-state index >= 15 is 0 Å². The van der Waals surface area contributed by atoms with Crippen LogP contribution in [0.1, 0.15) is 17.2 Å². The molecule has 126 valence electrons. The molecular weight excluding hydrogens is 320 g/mol. The molecule has 2 aromatic rings. The van der Waals surface area contributed by atoms with Crippen molar-refractivity contribution in [3.05, 3.63) is 59.7 Å². The van der Waals surface area contributed by atoms with Crippen LogP contribution in [0.2, 0.25) is 0 Å². The van der Waals surface area contributed by atoms with Gasteiger partial charge in [-0.2, -0.15) is 0 Å². The summed E-state index contributed by atoms with van der Waals surface area (Å²) >= 11 is 1.61. The summed E-state index contributed by atoms with van der Waals surface area (Å²) in [6.07, 6.45) is 2.21. The number of fused-ring (bicyclic) bond motifs is 1. The zero-order valence-electron chi connectivity index (χ0n) is 13.9. The fourth-order valence-electron chi connectivity index (χ4n) is 3.23. The van der Waals surface area contributed by atoms with Gasteiger partial charge < -0.3 is 10.4 Å². The van der Waals surface area contributed by atoms with Gasteiger partial charge >= 0.3 is 0 Å². The Hall–Kier alpha value is -1.82. The highest BCUT2D eigenvalue weighted by atomic mass is 32.2. The number of carbonyl (C=O) groups is 1. The number of hydrogen-bond donors (Lipinski definition) is 2. The molecule has 0 heterocycles. The van der Waals surface area contributed by atoms with Gasteiger partial charge in [-0.05, 0) is 43.0 Å². The SMILES string of the molecule is CSc1ccccc1NC(=O)CN(C)C1Cc2ccccc2C1O. The van der Waals surface area contributed by atoms with Crippen LogP contribution in [0.15, 0.2) is 53.4 Å². The van der Waals surface area contributed by atoms with E-state index in [2.05, 4.69) is 5.32 Å². The van der Waals surface area contributed by atoms with Crippen molar-refractivity contribution >= 4 is 23.4 Å². The number of amides is 1. The third kappa shape index (κ3) is 3.48. The minimum absolute atomic E-state index is 0.0658. The summed E-state index contributed by atoms with van der Waals surface area (Å²) in [6.45, 7) is 0.248. The summed E-state index contributed by atoms with van der Waals surface area (Å²) in [6, 6.07) is 15.6. The van der Waals surface area contributed by atoms with Crippen molar-refractivity contribution < 1.29 is 9.90 Å². The molecule has 0 saturated carbocycles. The smallest absolute Gasteiger partial charge is 0.238 e. The second-order valence-electron chi connectivity index (χ2n) is 6.08. The quantitative estimate of drug-likeness (QED) is 0.821. The van der Waals surface area contributed by atoms with Gasteiger partial charge in [-0.3, -0.25) is 9.69 Å². The molecule has 0 saturated heterocycles. The summed E-state index contributed by atoms with van der Waals surface area (Å²) in [4.78, 5) is 15.4. The first kappa shape index (κ1) is 17.0. The second-order valence-corrected chi connectivity index (χ2v) is 6.93. The van der Waals surface area contributed by atoms with Gasteiger partial charge in [0.2, 0.25) is 5.91 Å². The van der Waals surface area contributed by atoms with E-state index in [-0.39, 0.29) is 18.5 Å². The lowest BCUT2D eigenvalue weighted by Crippen LogP contribution is -2.40. The van der Waals surface area contributed by atoms with Crippen molar-refractivity contribution in [1.82, 2.24) is 4.90 Å². The number of nitrogens with one attached hydrogen (secondary N) is 1. The second kappa shape index (κ2) is 7.38. The number of anilines is 1. The van der Waals surface area contributed by atoms with Crippen molar-refractivity contribution in [1.29, 1.82) is 0 Å². The predicted octanol–water partition coefficient (Wildman–Crippen LogP) is 2.94. The molecule has 2 N–H and O–H groups in total. The number of rotatable bonds is 5. The van der Waals surface area contributed by atoms with E-state index < -0.39 is 6.10 Å². The lowest BCUT2D eigenvalue weighted by molar-refractivity contribution is -0.118. The number of thioether (sulfide) groups is 1. The van der Waals surface area contributed by atoms with E-state index in [1.54, 1.807) is 11.8 Å². The lowest BCUT2D eigenvalue weighted by Gasteiger charge is -2.26. The first-order chi connectivity index (χ1) is 11.6. The lowest BCUT2D eigenvalue weighted by atomic mass is 10.1. The van der Waals surface area contributed by atoms with Crippen LogP contribution in [0, 0.1) is 0 Å². The Morgan fingerprint density at radius 2 is 1.96 bits per heavy atom. The number of para-hydroxylation sites is 1. The van der Waals surface area contributed by atoms with Gasteiger partial charge in [0.05, 0.1) is 18.3 Å². The number of aliphatic hydroxyl groups is 1. The van der Waals surface area contributed by atoms with Crippen LogP contribution < -0.4 is 5.32 Å². The highest BCUT2D eigenvalue weighted by Gasteiger charge is 2.33. The highest BCUT2D eigenvalue weighted by molar-refractivity contribution is 7.98. The summed E-state index contributed by atoms with van der Waals surface area (Å²) in [5.41, 5.74) is 2.97. The summed E-state index contributed by atoms with van der Waals surface area (Å²) in [5, 5.41) is 13.5. The van der Waals surface area contributed by atoms with Crippen molar-refractivity contribution in [2.45, 2.75) is 23.5 Å². The molecule has 0 radical (unpaired) electrons. The largest absolute Gasteiger partial charge is 0.387 e. The van der Waals surface area contributed by atoms with Gasteiger partial charge in [0.25, 0.3) is 0 Å². The van der Waals surface area contributed by atoms with E-state index in [1.165, 1.54) is 0 Å². The van der Waals surface area contributed by atoms with Gasteiger partial charge in [-0.1, -0.05) is 36.4 Å². The van der Waals surface area contributed by atoms with Crippen LogP contribution in [0.5, 0.6) is 0 Å². The first-order valence-corrected chi connectivity index (χ1v) is 9.21. The molecule has 1 aliphatic rings. The number of benzene rings is 2. The van der Waals surface area contributed by atoms with Gasteiger partial charge in [0, 0.05) is 10.9 Å². The Bertz CT molecular complexity index is 735. The van der Waals surface area contributed by atoms with Crippen LogP contribution in [0.3, 0.4) is 0 Å². The van der Waals surface area contributed by atoms with Crippen LogP contribution in [0.4, 0.5) is 5.69 Å². The Kier molecular flexibility index (Phi) is 5.23. The first-order valence-electron chi connectivity index (χ1n) is 7.99. The van der Waals surface area contributed by atoms with Crippen molar-refractivity contribution in [3.8, 4) is 0 Å². The average Bonchev–Trinajstić information content (AvgIpc) is 2.93. The Balaban J connectivity index is 1.63. The molecule has 1 aliphatic carbocycles. The molecule has 0 fully saturated rings. The van der Waals surface area contributed by atoms with Crippen LogP contribution in [0.25, 0.3) is 0 Å². The predicted molar refractivity (Wildman–Crippen MR) is 98.4 cm³/mol. The zero-order valence-corrected chi connectivity index (χ0v) is 14.7. The third-order valence-corrected chi connectivity index (χ3v) is 5.30. The molecule has 2 atom stereocenters. The minimum atomic E-state index is -0.544. The molecule has 4 nitrogen and oxygen atoms in total. The molecule has 0 aromatic heterocycles. The number of likely N-dealkylation sites (N-methyl/N-ethyl adjacent to an activating group) is 1. The molecule has 0 bridgehead atoms. The maximum atomic E-state index is 12.4. The van der Waals surface area contributed by atoms with E-state index in [4.69, 9.17) is 0 Å². The van der Waals surface area contributed by atoms with Gasteiger partial charge in [-0.15, -0.1) is 11.8 Å². The third-order valence-electron chi connectivity index (χ3n) is 4.51. The fraction of sp³-hybridized carbons (Fsp3) is 0.316. The van der Waals surface area contributed by atoms with E-state index in [9.17, 15) is 9.90 Å². The Morgan fingerprint density at radius 3 is 2.71 bits per heavy atom. The molecule has 3 rings (SSSR count). The zero-order chi connectivity index (χ0) is 17.1. The molecule has 0 spiro atoms. The van der Waals surface area contributed by atoms with Crippen LogP contribution in [-0.4, -0.2) is 41.8 Å². The number of hydrogen-bond acceptors (Lipinski definition) is 4. The minimum Gasteiger partial charge on any atom is -0.387 e. The summed E-state index contributed by atoms with van der Waals surface area (Å²) in [7, 11) is 1.89. The van der Waals surface area contributed by atoms with E-state index in [0.717, 1.165) is 28.1 Å². The summed E-state index contributed by atoms with van der Waals surface area (Å²) < 4.78 is 0. The number of aliphatic hydroxyl groups excluding tert-OH is 1. The monoisotopic (exact) mass is 342 g/mol. The molecular formula is C19H22N2O2S. The normalized spacial score (nSPS) is 19.3. The van der Waals surface area contributed by atoms with E-state index in [1.807, 2.05) is 66.7 Å². The standard InChI is InChI=1S/C19H22N2O2S/c1-21(16-11-13-7-3-4-8-14(13)19(16)23)12-18(22)20-15-9-5-6-10-17(15)24-2/h3-10,16,19,23H,11-12H2,1-2H3,(H,20,22). The van der Waals surface area contributed by atoms with Gasteiger partial charge in [-0.25, -0.2) is 0 Å². The van der Waals surface area contributed by atoms with Crippen molar-refractivity contribution in [2.75, 3.05) is 25.2 Å². The molecule has 0 aliphatic heterocycles. The fourth-order valence-corrected chi connectivity index (χ4v) is 3.78. The average molecular weight is 342 g/mol. The van der Waals surface area contributed by atoms with Crippen molar-refractivity contribution in [3.63, 3.8) is 0 Å². The molecule has 2 aromatic carbocycles. The molecule has 2 unspecified atom stereocenters. The van der Waals surface area contributed by atoms with Gasteiger partial charge in [0.15, 0.2) is 0 Å². The Morgan fingerprint density at radius 1 is 1.25 bits per heavy atom. The van der Waals surface area contributed by atoms with Crippen molar-refractivity contribution in [2.24, 2.45) is 0 Å². The topological polar surface area (TPSA) is 52.6 Å². The molecule has 24 heavy (non-hydrogen) atoms. The molecule has 1 amide bonds. The molecule has 5 heteroatoms.